The number of hydrogen-bond acceptors (Lipinski definition) is 6. The van der Waals surface area contributed by atoms with Gasteiger partial charge in [-0.2, -0.15) is 0 Å². The molecule has 0 radical (unpaired) electrons. The van der Waals surface area contributed by atoms with E-state index in [-0.39, 0.29) is 12.8 Å². The van der Waals surface area contributed by atoms with Crippen LogP contribution in [0.15, 0.2) is 35.5 Å². The molecule has 5 nitrogen and oxygen atoms in total. The number of aromatic nitrogens is 1. The van der Waals surface area contributed by atoms with Crippen molar-refractivity contribution in [3.63, 3.8) is 0 Å². The SMILES string of the molecule is CC.N#CB1CCC(Oc2ccc3c(ccc4nc(/C=N/O)sc43)c2)CC1. The monoisotopic (exact) mass is 379 g/mol. The Kier molecular flexibility index (Phi) is 6.30. The van der Waals surface area contributed by atoms with Crippen LogP contribution >= 0.6 is 11.3 Å². The maximum absolute atomic E-state index is 8.99. The van der Waals surface area contributed by atoms with Crippen LogP contribution in [0.25, 0.3) is 21.0 Å². The molecule has 0 atom stereocenters. The topological polar surface area (TPSA) is 78.5 Å². The van der Waals surface area contributed by atoms with Crippen LogP contribution in [0.4, 0.5) is 0 Å². The molecule has 1 aliphatic rings. The van der Waals surface area contributed by atoms with Crippen molar-refractivity contribution in [2.24, 2.45) is 5.16 Å². The van der Waals surface area contributed by atoms with Crippen LogP contribution in [0.5, 0.6) is 5.75 Å². The molecule has 1 N–H and O–H groups in total. The van der Waals surface area contributed by atoms with E-state index >= 15 is 0 Å². The third-order valence-electron chi connectivity index (χ3n) is 4.69. The molecule has 0 saturated carbocycles. The minimum atomic E-state index is 0.188. The number of nitriles is 1. The summed E-state index contributed by atoms with van der Waals surface area (Å²) in [5.74, 6) is 3.22. The van der Waals surface area contributed by atoms with E-state index < -0.39 is 0 Å². The summed E-state index contributed by atoms with van der Waals surface area (Å²) in [7, 11) is 0. The molecular formula is C20H22BN3O2S. The largest absolute Gasteiger partial charge is 0.490 e. The Hall–Kier alpha value is -2.59. The molecule has 27 heavy (non-hydrogen) atoms. The van der Waals surface area contributed by atoms with E-state index in [2.05, 4.69) is 28.2 Å². The molecule has 1 aromatic heterocycles. The lowest BCUT2D eigenvalue weighted by Crippen LogP contribution is -2.27. The Morgan fingerprint density at radius 1 is 1.30 bits per heavy atom. The van der Waals surface area contributed by atoms with Gasteiger partial charge in [0.15, 0.2) is 0 Å². The molecule has 0 spiro atoms. The zero-order valence-electron chi connectivity index (χ0n) is 15.6. The quantitative estimate of drug-likeness (QED) is 0.287. The van der Waals surface area contributed by atoms with Crippen molar-refractivity contribution in [3.8, 4) is 11.7 Å². The minimum absolute atomic E-state index is 0.188. The summed E-state index contributed by atoms with van der Waals surface area (Å²) in [6, 6.07) is 10.1. The summed E-state index contributed by atoms with van der Waals surface area (Å²) in [4.78, 5) is 4.44. The highest BCUT2D eigenvalue weighted by Crippen LogP contribution is 2.33. The second-order valence-corrected chi connectivity index (χ2v) is 7.34. The van der Waals surface area contributed by atoms with E-state index in [0.717, 1.165) is 52.2 Å². The Labute approximate surface area is 163 Å². The molecule has 1 aliphatic heterocycles. The van der Waals surface area contributed by atoms with E-state index in [1.165, 1.54) is 17.6 Å². The van der Waals surface area contributed by atoms with Gasteiger partial charge in [0.2, 0.25) is 0 Å². The van der Waals surface area contributed by atoms with Gasteiger partial charge in [-0.3, -0.25) is 0 Å². The lowest BCUT2D eigenvalue weighted by molar-refractivity contribution is 0.188. The summed E-state index contributed by atoms with van der Waals surface area (Å²) >= 11 is 1.50. The molecular weight excluding hydrogens is 357 g/mol. The number of thiazole rings is 1. The van der Waals surface area contributed by atoms with Crippen LogP contribution < -0.4 is 4.74 Å². The third kappa shape index (κ3) is 4.22. The molecule has 4 rings (SSSR count). The van der Waals surface area contributed by atoms with Gasteiger partial charge in [0, 0.05) is 11.4 Å². The third-order valence-corrected chi connectivity index (χ3v) is 5.73. The van der Waals surface area contributed by atoms with Gasteiger partial charge in [-0.1, -0.05) is 37.7 Å². The highest BCUT2D eigenvalue weighted by Gasteiger charge is 2.25. The highest BCUT2D eigenvalue weighted by molar-refractivity contribution is 7.21. The lowest BCUT2D eigenvalue weighted by Gasteiger charge is -2.24. The van der Waals surface area contributed by atoms with Crippen LogP contribution in [-0.2, 0) is 0 Å². The summed E-state index contributed by atoms with van der Waals surface area (Å²) in [5.41, 5.74) is 0.899. The fraction of sp³-hybridized carbons (Fsp3) is 0.350. The van der Waals surface area contributed by atoms with Crippen molar-refractivity contribution in [3.05, 3.63) is 35.3 Å². The first kappa shape index (κ1) is 19.2. The van der Waals surface area contributed by atoms with Crippen LogP contribution in [0.2, 0.25) is 12.6 Å². The molecule has 138 valence electrons. The zero-order chi connectivity index (χ0) is 19.2. The van der Waals surface area contributed by atoms with Crippen LogP contribution in [0.3, 0.4) is 0 Å². The summed E-state index contributed by atoms with van der Waals surface area (Å²) in [6.45, 7) is 4.19. The highest BCUT2D eigenvalue weighted by atomic mass is 32.1. The number of ether oxygens (including phenoxy) is 1. The van der Waals surface area contributed by atoms with Crippen molar-refractivity contribution in [2.75, 3.05) is 0 Å². The van der Waals surface area contributed by atoms with Crippen molar-refractivity contribution in [2.45, 2.75) is 45.4 Å². The van der Waals surface area contributed by atoms with Crippen molar-refractivity contribution in [1.29, 1.82) is 5.26 Å². The van der Waals surface area contributed by atoms with Gasteiger partial charge >= 0.3 is 0 Å². The number of nitrogens with zero attached hydrogens (tertiary/aromatic N) is 3. The Bertz CT molecular complexity index is 988. The predicted octanol–water partition coefficient (Wildman–Crippen LogP) is 5.38. The molecule has 0 unspecified atom stereocenters. The van der Waals surface area contributed by atoms with E-state index in [9.17, 15) is 0 Å². The average Bonchev–Trinajstić information content (AvgIpc) is 3.13. The van der Waals surface area contributed by atoms with Gasteiger partial charge in [-0.05, 0) is 42.5 Å². The predicted molar refractivity (Wildman–Crippen MR) is 112 cm³/mol. The number of benzene rings is 2. The standard InChI is InChI=1S/C18H16BN3O2S.C2H6/c20-11-19-7-5-13(6-8-19)24-14-2-3-15-12(9-14)1-4-16-18(15)25-17(22-16)10-21-23;1-2/h1-4,9-10,13,23H,5-8H2;1-2H3/b21-10+;. The molecule has 0 bridgehead atoms. The first-order valence-corrected chi connectivity index (χ1v) is 10.2. The zero-order valence-corrected chi connectivity index (χ0v) is 16.4. The summed E-state index contributed by atoms with van der Waals surface area (Å²) in [5, 5.41) is 23.6. The molecule has 3 aromatic rings. The number of hydrogen-bond donors (Lipinski definition) is 1. The van der Waals surface area contributed by atoms with Crippen LogP contribution in [0, 0.1) is 11.2 Å². The van der Waals surface area contributed by atoms with Crippen molar-refractivity contribution < 1.29 is 9.94 Å². The molecule has 7 heteroatoms. The van der Waals surface area contributed by atoms with Gasteiger partial charge in [0.25, 0.3) is 6.71 Å². The molecule has 2 aromatic carbocycles. The van der Waals surface area contributed by atoms with E-state index in [1.54, 1.807) is 0 Å². The maximum Gasteiger partial charge on any atom is 0.268 e. The average molecular weight is 379 g/mol. The number of fused-ring (bicyclic) bond motifs is 3. The minimum Gasteiger partial charge on any atom is -0.490 e. The lowest BCUT2D eigenvalue weighted by atomic mass is 9.42. The van der Waals surface area contributed by atoms with Crippen molar-refractivity contribution >= 4 is 45.3 Å². The van der Waals surface area contributed by atoms with Gasteiger partial charge in [0.05, 0.1) is 16.3 Å². The van der Waals surface area contributed by atoms with Gasteiger partial charge in [-0.15, -0.1) is 11.3 Å². The molecule has 1 saturated heterocycles. The molecule has 0 aliphatic carbocycles. The van der Waals surface area contributed by atoms with E-state index in [1.807, 2.05) is 32.0 Å². The second kappa shape index (κ2) is 8.87. The fourth-order valence-corrected chi connectivity index (χ4v) is 4.36. The Balaban J connectivity index is 0.00000102. The fourth-order valence-electron chi connectivity index (χ4n) is 3.39. The molecule has 0 amide bonds. The summed E-state index contributed by atoms with van der Waals surface area (Å²) in [6.07, 6.45) is 5.27. The van der Waals surface area contributed by atoms with E-state index in [0.29, 0.717) is 5.01 Å². The Morgan fingerprint density at radius 2 is 2.07 bits per heavy atom. The van der Waals surface area contributed by atoms with Crippen molar-refractivity contribution in [1.82, 2.24) is 4.98 Å². The first-order valence-electron chi connectivity index (χ1n) is 9.34. The molecule has 1 fully saturated rings. The summed E-state index contributed by atoms with van der Waals surface area (Å²) < 4.78 is 7.21. The van der Waals surface area contributed by atoms with Gasteiger partial charge in [-0.25, -0.2) is 10.2 Å². The normalized spacial score (nSPS) is 14.9. The van der Waals surface area contributed by atoms with Gasteiger partial charge < -0.3 is 9.94 Å². The Morgan fingerprint density at radius 3 is 2.78 bits per heavy atom. The number of oxime groups is 1. The first-order chi connectivity index (χ1) is 13.3. The maximum atomic E-state index is 8.99. The van der Waals surface area contributed by atoms with E-state index in [4.69, 9.17) is 15.2 Å². The number of rotatable bonds is 3. The van der Waals surface area contributed by atoms with Gasteiger partial charge in [0.1, 0.15) is 17.0 Å². The van der Waals surface area contributed by atoms with Crippen LogP contribution in [0.1, 0.15) is 31.7 Å². The molecule has 2 heterocycles. The second-order valence-electron chi connectivity index (χ2n) is 6.31. The van der Waals surface area contributed by atoms with Crippen LogP contribution in [-0.4, -0.2) is 29.2 Å². The smallest absolute Gasteiger partial charge is 0.268 e.